The van der Waals surface area contributed by atoms with Gasteiger partial charge in [-0.15, -0.1) is 0 Å². The van der Waals surface area contributed by atoms with Gasteiger partial charge in [0.15, 0.2) is 5.75 Å². The van der Waals surface area contributed by atoms with E-state index in [4.69, 9.17) is 4.74 Å². The van der Waals surface area contributed by atoms with E-state index in [1.54, 1.807) is 6.07 Å². The number of carbonyl (C=O) groups is 1. The molecule has 0 aromatic heterocycles. The second kappa shape index (κ2) is 5.26. The number of Topliss-reactive ketones (excluding diaryl/α,β-unsaturated/α-hetero) is 1. The highest BCUT2D eigenvalue weighted by Gasteiger charge is 2.22. The summed E-state index contributed by atoms with van der Waals surface area (Å²) in [4.78, 5) is 23.8. The third kappa shape index (κ3) is 2.67. The summed E-state index contributed by atoms with van der Waals surface area (Å²) in [6, 6.07) is 3.20. The van der Waals surface area contributed by atoms with Gasteiger partial charge in [-0.2, -0.15) is 0 Å². The van der Waals surface area contributed by atoms with Crippen molar-refractivity contribution in [2.75, 3.05) is 25.1 Å². The van der Waals surface area contributed by atoms with Gasteiger partial charge in [0.2, 0.25) is 0 Å². The van der Waals surface area contributed by atoms with Crippen molar-refractivity contribution in [1.29, 1.82) is 0 Å². The first-order chi connectivity index (χ1) is 9.02. The quantitative estimate of drug-likeness (QED) is 0.617. The first kappa shape index (κ1) is 13.3. The number of benzene rings is 1. The molecule has 0 saturated carbocycles. The number of hydrogen-bond donors (Lipinski definition) is 0. The normalized spacial score (nSPS) is 15.5. The fraction of sp³-hybridized carbons (Fsp3) is 0.462. The summed E-state index contributed by atoms with van der Waals surface area (Å²) >= 11 is 0. The molecular weight excluding hydrogens is 248 g/mol. The number of carbonyl (C=O) groups excluding carboxylic acids is 1. The summed E-state index contributed by atoms with van der Waals surface area (Å²) in [5.41, 5.74) is 1.69. The molecule has 0 atom stereocenters. The average molecular weight is 264 g/mol. The van der Waals surface area contributed by atoms with Crippen LogP contribution in [0, 0.1) is 17.0 Å². The van der Waals surface area contributed by atoms with Crippen LogP contribution < -0.4 is 9.64 Å². The van der Waals surface area contributed by atoms with Gasteiger partial charge in [-0.3, -0.25) is 14.9 Å². The molecule has 1 saturated heterocycles. The molecule has 1 aliphatic heterocycles. The van der Waals surface area contributed by atoms with Gasteiger partial charge < -0.3 is 9.64 Å². The minimum absolute atomic E-state index is 0.0307. The summed E-state index contributed by atoms with van der Waals surface area (Å²) in [6.45, 7) is 3.14. The second-order valence-electron chi connectivity index (χ2n) is 4.59. The predicted octanol–water partition coefficient (Wildman–Crippen LogP) is 2.08. The molecule has 1 heterocycles. The van der Waals surface area contributed by atoms with Crippen LogP contribution >= 0.6 is 0 Å². The molecule has 19 heavy (non-hydrogen) atoms. The van der Waals surface area contributed by atoms with E-state index in [0.29, 0.717) is 25.9 Å². The molecule has 0 spiro atoms. The zero-order valence-electron chi connectivity index (χ0n) is 11.0. The maximum atomic E-state index is 11.3. The lowest BCUT2D eigenvalue weighted by molar-refractivity contribution is -0.385. The molecule has 102 valence electrons. The van der Waals surface area contributed by atoms with Crippen LogP contribution in [0.1, 0.15) is 18.4 Å². The monoisotopic (exact) mass is 264 g/mol. The minimum Gasteiger partial charge on any atom is -0.490 e. The molecule has 1 fully saturated rings. The number of methoxy groups -OCH3 is 1. The first-order valence-electron chi connectivity index (χ1n) is 6.12. The number of ketones is 1. The lowest BCUT2D eigenvalue weighted by Gasteiger charge is -2.29. The zero-order valence-corrected chi connectivity index (χ0v) is 11.0. The van der Waals surface area contributed by atoms with Gasteiger partial charge in [0.05, 0.1) is 12.0 Å². The first-order valence-corrected chi connectivity index (χ1v) is 6.12. The minimum atomic E-state index is -0.449. The third-order valence-electron chi connectivity index (χ3n) is 3.36. The van der Waals surface area contributed by atoms with Crippen LogP contribution in [0.2, 0.25) is 0 Å². The number of hydrogen-bond acceptors (Lipinski definition) is 5. The van der Waals surface area contributed by atoms with Crippen molar-refractivity contribution in [3.8, 4) is 5.75 Å². The lowest BCUT2D eigenvalue weighted by Crippen LogP contribution is -2.34. The Morgan fingerprint density at radius 2 is 1.95 bits per heavy atom. The van der Waals surface area contributed by atoms with Gasteiger partial charge in [0.25, 0.3) is 0 Å². The van der Waals surface area contributed by atoms with Gasteiger partial charge in [-0.25, -0.2) is 0 Å². The van der Waals surface area contributed by atoms with Crippen LogP contribution in [0.15, 0.2) is 12.1 Å². The maximum absolute atomic E-state index is 11.3. The van der Waals surface area contributed by atoms with E-state index in [2.05, 4.69) is 4.90 Å². The molecule has 1 aromatic carbocycles. The van der Waals surface area contributed by atoms with Crippen LogP contribution in [0.4, 0.5) is 11.4 Å². The number of rotatable bonds is 3. The Balaban J connectivity index is 2.36. The van der Waals surface area contributed by atoms with Gasteiger partial charge in [-0.05, 0) is 12.5 Å². The van der Waals surface area contributed by atoms with Crippen LogP contribution in [-0.4, -0.2) is 30.9 Å². The van der Waals surface area contributed by atoms with E-state index in [9.17, 15) is 14.9 Å². The summed E-state index contributed by atoms with van der Waals surface area (Å²) in [7, 11) is 1.42. The molecule has 1 aliphatic rings. The van der Waals surface area contributed by atoms with E-state index in [1.165, 1.54) is 13.2 Å². The second-order valence-corrected chi connectivity index (χ2v) is 4.59. The fourth-order valence-corrected chi connectivity index (χ4v) is 2.31. The molecule has 6 nitrogen and oxygen atoms in total. The number of anilines is 1. The van der Waals surface area contributed by atoms with E-state index >= 15 is 0 Å². The van der Waals surface area contributed by atoms with Crippen molar-refractivity contribution < 1.29 is 14.5 Å². The maximum Gasteiger partial charge on any atom is 0.311 e. The molecule has 0 amide bonds. The topological polar surface area (TPSA) is 72.7 Å². The van der Waals surface area contributed by atoms with Crippen molar-refractivity contribution in [2.45, 2.75) is 19.8 Å². The van der Waals surface area contributed by atoms with Gasteiger partial charge in [0, 0.05) is 43.8 Å². The van der Waals surface area contributed by atoms with Crippen molar-refractivity contribution in [3.63, 3.8) is 0 Å². The molecule has 6 heteroatoms. The van der Waals surface area contributed by atoms with E-state index in [0.717, 1.165) is 11.3 Å². The Labute approximate surface area is 111 Å². The lowest BCUT2D eigenvalue weighted by atomic mass is 10.1. The largest absolute Gasteiger partial charge is 0.490 e. The predicted molar refractivity (Wildman–Crippen MR) is 70.8 cm³/mol. The standard InChI is InChI=1S/C13H16N2O4/c1-9-7-12(15(17)18)13(19-2)8-11(9)14-5-3-10(16)4-6-14/h7-8H,3-6H2,1-2H3. The molecule has 0 bridgehead atoms. The number of piperidine rings is 1. The van der Waals surface area contributed by atoms with Gasteiger partial charge in [0.1, 0.15) is 5.78 Å². The fourth-order valence-electron chi connectivity index (χ4n) is 2.31. The van der Waals surface area contributed by atoms with Crippen molar-refractivity contribution in [1.82, 2.24) is 0 Å². The highest BCUT2D eigenvalue weighted by molar-refractivity contribution is 5.81. The van der Waals surface area contributed by atoms with E-state index in [1.807, 2.05) is 6.92 Å². The van der Waals surface area contributed by atoms with Crippen molar-refractivity contribution in [3.05, 3.63) is 27.8 Å². The number of ether oxygens (including phenoxy) is 1. The number of nitrogens with zero attached hydrogens (tertiary/aromatic N) is 2. The van der Waals surface area contributed by atoms with Gasteiger partial charge in [-0.1, -0.05) is 0 Å². The number of nitro groups is 1. The van der Waals surface area contributed by atoms with Crippen molar-refractivity contribution in [2.24, 2.45) is 0 Å². The van der Waals surface area contributed by atoms with Crippen LogP contribution in [0.25, 0.3) is 0 Å². The Bertz CT molecular complexity index is 518. The number of nitro benzene ring substituents is 1. The highest BCUT2D eigenvalue weighted by atomic mass is 16.6. The zero-order chi connectivity index (χ0) is 14.0. The highest BCUT2D eigenvalue weighted by Crippen LogP contribution is 2.35. The summed E-state index contributed by atoms with van der Waals surface area (Å²) in [5, 5.41) is 10.9. The summed E-state index contributed by atoms with van der Waals surface area (Å²) in [6.07, 6.45) is 1.05. The Hall–Kier alpha value is -2.11. The van der Waals surface area contributed by atoms with Crippen LogP contribution in [0.5, 0.6) is 5.75 Å². The molecule has 0 aliphatic carbocycles. The Morgan fingerprint density at radius 1 is 1.32 bits per heavy atom. The summed E-state index contributed by atoms with van der Waals surface area (Å²) in [5.74, 6) is 0.519. The molecule has 0 N–H and O–H groups in total. The number of aryl methyl sites for hydroxylation is 1. The molecule has 2 rings (SSSR count). The van der Waals surface area contributed by atoms with Crippen molar-refractivity contribution >= 4 is 17.2 Å². The third-order valence-corrected chi connectivity index (χ3v) is 3.36. The Kier molecular flexibility index (Phi) is 3.69. The van der Waals surface area contributed by atoms with E-state index in [-0.39, 0.29) is 17.2 Å². The molecule has 0 radical (unpaired) electrons. The smallest absolute Gasteiger partial charge is 0.311 e. The SMILES string of the molecule is COc1cc(N2CCC(=O)CC2)c(C)cc1[N+](=O)[O-]. The van der Waals surface area contributed by atoms with Gasteiger partial charge >= 0.3 is 5.69 Å². The van der Waals surface area contributed by atoms with Crippen LogP contribution in [0.3, 0.4) is 0 Å². The molecular formula is C13H16N2O4. The molecule has 1 aromatic rings. The van der Waals surface area contributed by atoms with E-state index < -0.39 is 4.92 Å². The average Bonchev–Trinajstić information content (AvgIpc) is 2.39. The van der Waals surface area contributed by atoms with Crippen LogP contribution in [-0.2, 0) is 4.79 Å². The molecule has 0 unspecified atom stereocenters. The Morgan fingerprint density at radius 3 is 2.47 bits per heavy atom. The summed E-state index contributed by atoms with van der Waals surface area (Å²) < 4.78 is 5.08.